The molecule has 2 atom stereocenters. The van der Waals surface area contributed by atoms with Crippen LogP contribution in [0.2, 0.25) is 5.02 Å². The Bertz CT molecular complexity index is 781. The van der Waals surface area contributed by atoms with E-state index in [1.807, 2.05) is 6.07 Å². The smallest absolute Gasteiger partial charge is 0.244 e. The van der Waals surface area contributed by atoms with Crippen molar-refractivity contribution >= 4 is 65.9 Å². The van der Waals surface area contributed by atoms with E-state index in [1.54, 1.807) is 17.0 Å². The third kappa shape index (κ3) is 3.06. The molecule has 2 aliphatic rings. The molecule has 9 heteroatoms. The predicted molar refractivity (Wildman–Crippen MR) is 93.6 cm³/mol. The number of thioether (sulfide) groups is 1. The van der Waals surface area contributed by atoms with Gasteiger partial charge in [0.15, 0.2) is 15.0 Å². The second-order valence-corrected chi connectivity index (χ2v) is 9.86. The van der Waals surface area contributed by atoms with Crippen molar-refractivity contribution in [2.75, 3.05) is 16.4 Å². The maximum Gasteiger partial charge on any atom is 0.244 e. The van der Waals surface area contributed by atoms with Crippen LogP contribution in [0.4, 0.5) is 5.69 Å². The van der Waals surface area contributed by atoms with Crippen molar-refractivity contribution in [1.29, 1.82) is 0 Å². The molecule has 1 amide bonds. The number of amides is 1. The minimum atomic E-state index is -3.07. The number of halogens is 2. The minimum Gasteiger partial charge on any atom is -0.314 e. The summed E-state index contributed by atoms with van der Waals surface area (Å²) in [7, 11) is -3.07. The Labute approximate surface area is 146 Å². The van der Waals surface area contributed by atoms with Crippen LogP contribution in [-0.4, -0.2) is 42.3 Å². The molecule has 0 saturated carbocycles. The molecule has 2 aliphatic heterocycles. The lowest BCUT2D eigenvalue weighted by Gasteiger charge is -2.25. The molecule has 1 aromatic carbocycles. The monoisotopic (exact) mass is 422 g/mol. The number of rotatable bonds is 1. The zero-order valence-corrected chi connectivity index (χ0v) is 15.5. The molecule has 2 unspecified atom stereocenters. The molecule has 2 fully saturated rings. The van der Waals surface area contributed by atoms with E-state index < -0.39 is 9.84 Å². The van der Waals surface area contributed by atoms with Gasteiger partial charge in [-0.3, -0.25) is 4.79 Å². The van der Waals surface area contributed by atoms with Crippen LogP contribution in [-0.2, 0) is 14.6 Å². The van der Waals surface area contributed by atoms with Gasteiger partial charge in [-0.2, -0.15) is 4.99 Å². The molecular weight excluding hydrogens is 412 g/mol. The number of anilines is 1. The molecule has 3 rings (SSSR count). The fraction of sp³-hybridized carbons (Fsp3) is 0.385. The van der Waals surface area contributed by atoms with Gasteiger partial charge in [-0.05, 0) is 18.2 Å². The Hall–Kier alpha value is -0.570. The zero-order valence-electron chi connectivity index (χ0n) is 11.5. The summed E-state index contributed by atoms with van der Waals surface area (Å²) in [4.78, 5) is 17.2. The summed E-state index contributed by atoms with van der Waals surface area (Å²) in [6.07, 6.45) is 0. The number of carbonyl (C=O) groups is 1. The summed E-state index contributed by atoms with van der Waals surface area (Å²) in [6, 6.07) is 5.13. The second kappa shape index (κ2) is 5.81. The average molecular weight is 424 g/mol. The number of amidine groups is 1. The van der Waals surface area contributed by atoms with Gasteiger partial charge < -0.3 is 4.90 Å². The van der Waals surface area contributed by atoms with Crippen LogP contribution in [0, 0.1) is 0 Å². The molecule has 2 saturated heterocycles. The fourth-order valence-corrected chi connectivity index (χ4v) is 7.37. The van der Waals surface area contributed by atoms with Gasteiger partial charge in [0.25, 0.3) is 0 Å². The van der Waals surface area contributed by atoms with Crippen molar-refractivity contribution in [3.8, 4) is 0 Å². The van der Waals surface area contributed by atoms with Crippen LogP contribution in [0.1, 0.15) is 6.92 Å². The average Bonchev–Trinajstić information content (AvgIpc) is 2.81. The Balaban J connectivity index is 2.08. The molecule has 0 N–H and O–H groups in total. The first-order chi connectivity index (χ1) is 10.3. The molecule has 0 aromatic heterocycles. The highest BCUT2D eigenvalue weighted by atomic mass is 79.9. The number of carbonyl (C=O) groups excluding carboxylic acids is 1. The summed E-state index contributed by atoms with van der Waals surface area (Å²) in [6.45, 7) is 1.37. The van der Waals surface area contributed by atoms with Gasteiger partial charge in [0.05, 0.1) is 28.3 Å². The normalized spacial score (nSPS) is 28.1. The lowest BCUT2D eigenvalue weighted by molar-refractivity contribution is -0.115. The van der Waals surface area contributed by atoms with E-state index in [4.69, 9.17) is 11.6 Å². The van der Waals surface area contributed by atoms with E-state index in [1.165, 1.54) is 18.7 Å². The summed E-state index contributed by atoms with van der Waals surface area (Å²) in [5.74, 6) is -0.165. The standard InChI is InChI=1S/C13H12BrClN2O3S2/c1-7(18)16-13-17(10-3-2-8(14)4-9(10)15)11-5-22(19,20)6-12(11)21-13/h2-4,11-12H,5-6H2,1H3. The molecule has 0 aliphatic carbocycles. The highest BCUT2D eigenvalue weighted by Gasteiger charge is 2.49. The summed E-state index contributed by atoms with van der Waals surface area (Å²) < 4.78 is 24.6. The first-order valence-corrected chi connectivity index (χ1v) is 10.3. The highest BCUT2D eigenvalue weighted by molar-refractivity contribution is 9.10. The molecule has 1 aromatic rings. The van der Waals surface area contributed by atoms with Crippen molar-refractivity contribution in [3.05, 3.63) is 27.7 Å². The van der Waals surface area contributed by atoms with Crippen molar-refractivity contribution < 1.29 is 13.2 Å². The minimum absolute atomic E-state index is 0.0496. The van der Waals surface area contributed by atoms with Gasteiger partial charge in [-0.15, -0.1) is 0 Å². The van der Waals surface area contributed by atoms with E-state index in [0.717, 1.165) is 4.47 Å². The maximum absolute atomic E-state index is 11.9. The maximum atomic E-state index is 11.9. The van der Waals surface area contributed by atoms with Crippen molar-refractivity contribution in [1.82, 2.24) is 0 Å². The predicted octanol–water partition coefficient (Wildman–Crippen LogP) is 2.72. The lowest BCUT2D eigenvalue weighted by atomic mass is 10.2. The third-order valence-electron chi connectivity index (χ3n) is 3.49. The molecule has 22 heavy (non-hydrogen) atoms. The number of sulfone groups is 1. The van der Waals surface area contributed by atoms with Gasteiger partial charge in [-0.25, -0.2) is 8.42 Å². The Morgan fingerprint density at radius 3 is 2.82 bits per heavy atom. The van der Waals surface area contributed by atoms with Gasteiger partial charge in [0.2, 0.25) is 5.91 Å². The third-order valence-corrected chi connectivity index (χ3v) is 7.49. The van der Waals surface area contributed by atoms with E-state index in [-0.39, 0.29) is 28.7 Å². The zero-order chi connectivity index (χ0) is 16.1. The van der Waals surface area contributed by atoms with Crippen LogP contribution in [0.25, 0.3) is 0 Å². The second-order valence-electron chi connectivity index (χ2n) is 5.18. The quantitative estimate of drug-likeness (QED) is 0.695. The lowest BCUT2D eigenvalue weighted by Crippen LogP contribution is -2.37. The first kappa shape index (κ1) is 16.3. The summed E-state index contributed by atoms with van der Waals surface area (Å²) in [5, 5.41) is 0.876. The Morgan fingerprint density at radius 1 is 1.45 bits per heavy atom. The molecule has 0 spiro atoms. The largest absolute Gasteiger partial charge is 0.314 e. The van der Waals surface area contributed by atoms with E-state index in [9.17, 15) is 13.2 Å². The summed E-state index contributed by atoms with van der Waals surface area (Å²) >= 11 is 11.0. The van der Waals surface area contributed by atoms with Gasteiger partial charge in [0.1, 0.15) is 0 Å². The summed E-state index contributed by atoms with van der Waals surface area (Å²) in [5.41, 5.74) is 0.668. The van der Waals surface area contributed by atoms with Crippen LogP contribution >= 0.6 is 39.3 Å². The SMILES string of the molecule is CC(=O)N=C1SC2CS(=O)(=O)CC2N1c1ccc(Br)cc1Cl. The Kier molecular flexibility index (Phi) is 4.30. The van der Waals surface area contributed by atoms with Crippen molar-refractivity contribution in [2.24, 2.45) is 4.99 Å². The topological polar surface area (TPSA) is 66.8 Å². The molecule has 0 bridgehead atoms. The van der Waals surface area contributed by atoms with E-state index >= 15 is 0 Å². The molecular formula is C13H12BrClN2O3S2. The van der Waals surface area contributed by atoms with Gasteiger partial charge in [0, 0.05) is 16.6 Å². The molecule has 0 radical (unpaired) electrons. The van der Waals surface area contributed by atoms with Crippen molar-refractivity contribution in [2.45, 2.75) is 18.2 Å². The van der Waals surface area contributed by atoms with Crippen LogP contribution < -0.4 is 4.90 Å². The first-order valence-electron chi connectivity index (χ1n) is 6.47. The van der Waals surface area contributed by atoms with Crippen LogP contribution in [0.15, 0.2) is 27.7 Å². The fourth-order valence-electron chi connectivity index (χ4n) is 2.66. The number of hydrogen-bond donors (Lipinski definition) is 0. The van der Waals surface area contributed by atoms with Gasteiger partial charge >= 0.3 is 0 Å². The molecule has 118 valence electrons. The van der Waals surface area contributed by atoms with Crippen LogP contribution in [0.5, 0.6) is 0 Å². The van der Waals surface area contributed by atoms with Crippen LogP contribution in [0.3, 0.4) is 0 Å². The number of hydrogen-bond acceptors (Lipinski definition) is 4. The van der Waals surface area contributed by atoms with Crippen molar-refractivity contribution in [3.63, 3.8) is 0 Å². The number of nitrogens with zero attached hydrogens (tertiary/aromatic N) is 2. The highest BCUT2D eigenvalue weighted by Crippen LogP contribution is 2.43. The molecule has 5 nitrogen and oxygen atoms in total. The van der Waals surface area contributed by atoms with E-state index in [2.05, 4.69) is 20.9 Å². The number of benzene rings is 1. The van der Waals surface area contributed by atoms with E-state index in [0.29, 0.717) is 15.9 Å². The number of aliphatic imine (C=N–C) groups is 1. The molecule has 2 heterocycles. The Morgan fingerprint density at radius 2 is 2.18 bits per heavy atom. The number of fused-ring (bicyclic) bond motifs is 1. The van der Waals surface area contributed by atoms with Gasteiger partial charge in [-0.1, -0.05) is 39.3 Å².